The molecule has 0 spiro atoms. The first-order valence-electron chi connectivity index (χ1n) is 8.79. The highest BCUT2D eigenvalue weighted by molar-refractivity contribution is 9.10. The van der Waals surface area contributed by atoms with Gasteiger partial charge in [0.2, 0.25) is 0 Å². The number of aliphatic carboxylic acids is 1. The molecule has 1 aliphatic rings. The molecule has 4 rings (SSSR count). The van der Waals surface area contributed by atoms with Gasteiger partial charge in [0.05, 0.1) is 20.3 Å². The molecule has 3 aromatic rings. The fraction of sp³-hybridized carbons (Fsp3) is 0.316. The molecule has 0 bridgehead atoms. The largest absolute Gasteiger partial charge is 0.481 e. The van der Waals surface area contributed by atoms with Crippen LogP contribution in [0.2, 0.25) is 0 Å². The predicted octanol–water partition coefficient (Wildman–Crippen LogP) is 5.09. The Morgan fingerprint density at radius 3 is 2.71 bits per heavy atom. The minimum Gasteiger partial charge on any atom is -0.481 e. The Kier molecular flexibility index (Phi) is 5.29. The summed E-state index contributed by atoms with van der Waals surface area (Å²) in [6.45, 7) is 1.33. The average Bonchev–Trinajstić information content (AvgIpc) is 3.13. The lowest BCUT2D eigenvalue weighted by molar-refractivity contribution is -0.138. The number of hydrogen-bond donors (Lipinski definition) is 1. The normalized spacial score (nSPS) is 15.3. The maximum atomic E-state index is 14.4. The molecule has 3 heterocycles. The number of rotatable bonds is 4. The molecule has 28 heavy (non-hydrogen) atoms. The summed E-state index contributed by atoms with van der Waals surface area (Å²) >= 11 is 4.48. The van der Waals surface area contributed by atoms with Crippen LogP contribution in [-0.2, 0) is 4.79 Å². The molecule has 146 valence electrons. The van der Waals surface area contributed by atoms with Crippen molar-refractivity contribution in [3.05, 3.63) is 39.7 Å². The van der Waals surface area contributed by atoms with Crippen LogP contribution in [-0.4, -0.2) is 34.1 Å². The number of thiophene rings is 1. The minimum atomic E-state index is -0.781. The van der Waals surface area contributed by atoms with Crippen molar-refractivity contribution in [3.8, 4) is 11.4 Å². The molecule has 5 nitrogen and oxygen atoms in total. The Hall–Kier alpha value is -2.13. The zero-order valence-electron chi connectivity index (χ0n) is 14.7. The van der Waals surface area contributed by atoms with Gasteiger partial charge in [0.25, 0.3) is 0 Å². The van der Waals surface area contributed by atoms with Gasteiger partial charge in [0.1, 0.15) is 11.6 Å². The van der Waals surface area contributed by atoms with Crippen LogP contribution in [0, 0.1) is 17.6 Å². The molecule has 1 N–H and O–H groups in total. The summed E-state index contributed by atoms with van der Waals surface area (Å²) in [7, 11) is 0. The third-order valence-corrected chi connectivity index (χ3v) is 6.42. The highest BCUT2D eigenvalue weighted by Gasteiger charge is 2.25. The summed E-state index contributed by atoms with van der Waals surface area (Å²) in [4.78, 5) is 22.0. The highest BCUT2D eigenvalue weighted by Crippen LogP contribution is 2.35. The van der Waals surface area contributed by atoms with E-state index in [2.05, 4.69) is 30.8 Å². The molecule has 0 unspecified atom stereocenters. The van der Waals surface area contributed by atoms with E-state index in [9.17, 15) is 13.6 Å². The van der Waals surface area contributed by atoms with Crippen molar-refractivity contribution in [1.29, 1.82) is 0 Å². The number of anilines is 1. The van der Waals surface area contributed by atoms with E-state index in [1.165, 1.54) is 11.3 Å². The summed E-state index contributed by atoms with van der Waals surface area (Å²) in [5, 5.41) is 10.9. The van der Waals surface area contributed by atoms with Gasteiger partial charge >= 0.3 is 5.97 Å². The standard InChI is InChI=1S/C19H16BrF2N3O2S/c20-12-9-13(21)11(8-14(12)22)18-23-15-3-6-28-17(15)19(24-18)25-4-1-10(2-5-25)7-16(26)27/h3,6,8-10H,1-2,4-5,7H2,(H,26,27). The number of nitrogens with zero attached hydrogens (tertiary/aromatic N) is 3. The van der Waals surface area contributed by atoms with E-state index in [1.807, 2.05) is 11.4 Å². The molecule has 0 atom stereocenters. The second kappa shape index (κ2) is 7.71. The molecular weight excluding hydrogens is 452 g/mol. The maximum Gasteiger partial charge on any atom is 0.303 e. The average molecular weight is 468 g/mol. The Bertz CT molecular complexity index is 1050. The van der Waals surface area contributed by atoms with Crippen LogP contribution in [0.15, 0.2) is 28.1 Å². The Labute approximate surface area is 172 Å². The van der Waals surface area contributed by atoms with Crippen molar-refractivity contribution in [2.24, 2.45) is 5.92 Å². The number of aromatic nitrogens is 2. The second-order valence-electron chi connectivity index (χ2n) is 6.78. The fourth-order valence-corrected chi connectivity index (χ4v) is 4.64. The minimum absolute atomic E-state index is 0.0100. The van der Waals surface area contributed by atoms with Gasteiger partial charge in [0, 0.05) is 19.5 Å². The lowest BCUT2D eigenvalue weighted by atomic mass is 9.93. The van der Waals surface area contributed by atoms with Crippen LogP contribution >= 0.6 is 27.3 Å². The molecule has 0 aliphatic carbocycles. The van der Waals surface area contributed by atoms with E-state index < -0.39 is 17.6 Å². The first-order valence-corrected chi connectivity index (χ1v) is 10.5. The molecule has 0 amide bonds. The van der Waals surface area contributed by atoms with E-state index in [0.717, 1.165) is 29.7 Å². The lowest BCUT2D eigenvalue weighted by Gasteiger charge is -2.32. The van der Waals surface area contributed by atoms with Crippen LogP contribution in [0.4, 0.5) is 14.6 Å². The Morgan fingerprint density at radius 1 is 1.25 bits per heavy atom. The van der Waals surface area contributed by atoms with Gasteiger partial charge in [-0.15, -0.1) is 11.3 Å². The number of hydrogen-bond acceptors (Lipinski definition) is 5. The molecule has 1 saturated heterocycles. The van der Waals surface area contributed by atoms with Crippen LogP contribution in [0.3, 0.4) is 0 Å². The number of halogens is 3. The topological polar surface area (TPSA) is 66.3 Å². The predicted molar refractivity (Wildman–Crippen MR) is 108 cm³/mol. The third kappa shape index (κ3) is 3.73. The molecular formula is C19H16BrF2N3O2S. The Balaban J connectivity index is 1.71. The van der Waals surface area contributed by atoms with Crippen molar-refractivity contribution >= 4 is 49.3 Å². The van der Waals surface area contributed by atoms with Gasteiger partial charge in [-0.25, -0.2) is 18.7 Å². The van der Waals surface area contributed by atoms with E-state index in [1.54, 1.807) is 0 Å². The summed E-state index contributed by atoms with van der Waals surface area (Å²) in [6, 6.07) is 4.00. The summed E-state index contributed by atoms with van der Waals surface area (Å²) in [5.41, 5.74) is 0.691. The van der Waals surface area contributed by atoms with E-state index in [4.69, 9.17) is 5.11 Å². The first-order chi connectivity index (χ1) is 13.4. The van der Waals surface area contributed by atoms with Crippen molar-refractivity contribution in [3.63, 3.8) is 0 Å². The van der Waals surface area contributed by atoms with Crippen LogP contribution in [0.1, 0.15) is 19.3 Å². The van der Waals surface area contributed by atoms with Gasteiger partial charge in [-0.1, -0.05) is 0 Å². The van der Waals surface area contributed by atoms with Crippen molar-refractivity contribution in [2.75, 3.05) is 18.0 Å². The molecule has 1 aromatic carbocycles. The summed E-state index contributed by atoms with van der Waals surface area (Å²) < 4.78 is 29.4. The SMILES string of the molecule is O=C(O)CC1CCN(c2nc(-c3cc(F)c(Br)cc3F)nc3ccsc23)CC1. The molecule has 1 fully saturated rings. The molecule has 0 radical (unpaired) electrons. The van der Waals surface area contributed by atoms with Crippen molar-refractivity contribution in [2.45, 2.75) is 19.3 Å². The van der Waals surface area contributed by atoms with E-state index >= 15 is 0 Å². The molecule has 1 aliphatic heterocycles. The van der Waals surface area contributed by atoms with E-state index in [0.29, 0.717) is 24.4 Å². The number of carbonyl (C=O) groups is 1. The quantitative estimate of drug-likeness (QED) is 0.541. The molecule has 9 heteroatoms. The van der Waals surface area contributed by atoms with Gasteiger partial charge in [-0.2, -0.15) is 0 Å². The number of carboxylic acids is 1. The highest BCUT2D eigenvalue weighted by atomic mass is 79.9. The van der Waals surface area contributed by atoms with Crippen molar-refractivity contribution < 1.29 is 18.7 Å². The molecule has 2 aromatic heterocycles. The van der Waals surface area contributed by atoms with Crippen LogP contribution in [0.5, 0.6) is 0 Å². The zero-order valence-corrected chi connectivity index (χ0v) is 17.1. The number of fused-ring (bicyclic) bond motifs is 1. The first kappa shape index (κ1) is 19.2. The number of carboxylic acid groups (broad SMARTS) is 1. The molecule has 0 saturated carbocycles. The second-order valence-corrected chi connectivity index (χ2v) is 8.55. The fourth-order valence-electron chi connectivity index (χ4n) is 3.47. The summed E-state index contributed by atoms with van der Waals surface area (Å²) in [5.74, 6) is -0.998. The van der Waals surface area contributed by atoms with Crippen LogP contribution in [0.25, 0.3) is 21.6 Å². The smallest absolute Gasteiger partial charge is 0.303 e. The van der Waals surface area contributed by atoms with Crippen molar-refractivity contribution in [1.82, 2.24) is 9.97 Å². The number of benzene rings is 1. The van der Waals surface area contributed by atoms with E-state index in [-0.39, 0.29) is 28.2 Å². The third-order valence-electron chi connectivity index (χ3n) is 4.91. The zero-order chi connectivity index (χ0) is 19.8. The lowest BCUT2D eigenvalue weighted by Crippen LogP contribution is -2.35. The van der Waals surface area contributed by atoms with Gasteiger partial charge in [0.15, 0.2) is 11.6 Å². The summed E-state index contributed by atoms with van der Waals surface area (Å²) in [6.07, 6.45) is 1.67. The van der Waals surface area contributed by atoms with Gasteiger partial charge < -0.3 is 10.0 Å². The van der Waals surface area contributed by atoms with Crippen LogP contribution < -0.4 is 4.90 Å². The monoisotopic (exact) mass is 467 g/mol. The maximum absolute atomic E-state index is 14.4. The van der Waals surface area contributed by atoms with Gasteiger partial charge in [-0.3, -0.25) is 4.79 Å². The Morgan fingerprint density at radius 2 is 2.00 bits per heavy atom. The number of piperidine rings is 1. The van der Waals surface area contributed by atoms with Gasteiger partial charge in [-0.05, 0) is 58.3 Å².